The quantitative estimate of drug-likeness (QED) is 0.503. The number of aromatic amines is 1. The average Bonchev–Trinajstić information content (AvgIpc) is 3.19. The van der Waals surface area contributed by atoms with Crippen LogP contribution in [0, 0.1) is 6.92 Å². The van der Waals surface area contributed by atoms with Crippen LogP contribution in [0.3, 0.4) is 0 Å². The van der Waals surface area contributed by atoms with Crippen LogP contribution in [0.25, 0.3) is 22.6 Å². The number of fused-ring (bicyclic) bond motifs is 1. The Morgan fingerprint density at radius 1 is 1.13 bits per heavy atom. The predicted octanol–water partition coefficient (Wildman–Crippen LogP) is 4.56. The van der Waals surface area contributed by atoms with Crippen molar-refractivity contribution in [3.63, 3.8) is 0 Å². The van der Waals surface area contributed by atoms with Gasteiger partial charge >= 0.3 is 0 Å². The largest absolute Gasteiger partial charge is 0.378 e. The molecule has 0 aliphatic carbocycles. The Hall–Kier alpha value is -3.16. The van der Waals surface area contributed by atoms with Gasteiger partial charge in [0.25, 0.3) is 0 Å². The number of imidazole rings is 1. The Kier molecular flexibility index (Phi) is 4.98. The fraction of sp³-hybridized carbons (Fsp3) is 0.227. The minimum absolute atomic E-state index is 0.621. The molecule has 4 aromatic rings. The maximum Gasteiger partial charge on any atom is 0.178 e. The van der Waals surface area contributed by atoms with E-state index in [4.69, 9.17) is 16.3 Å². The molecular formula is C22H21ClN6O. The molecule has 3 aromatic heterocycles. The van der Waals surface area contributed by atoms with Crippen molar-refractivity contribution >= 4 is 40.0 Å². The van der Waals surface area contributed by atoms with Gasteiger partial charge in [-0.1, -0.05) is 11.6 Å². The van der Waals surface area contributed by atoms with Crippen molar-refractivity contribution in [3.05, 3.63) is 59.4 Å². The van der Waals surface area contributed by atoms with Gasteiger partial charge in [-0.25, -0.2) is 15.0 Å². The molecule has 152 valence electrons. The summed E-state index contributed by atoms with van der Waals surface area (Å²) in [5, 5.41) is 4.11. The van der Waals surface area contributed by atoms with Gasteiger partial charge in [0.05, 0.1) is 29.4 Å². The predicted molar refractivity (Wildman–Crippen MR) is 120 cm³/mol. The van der Waals surface area contributed by atoms with Crippen molar-refractivity contribution in [2.75, 3.05) is 36.5 Å². The number of halogens is 1. The number of nitrogens with zero attached hydrogens (tertiary/aromatic N) is 4. The molecule has 7 nitrogen and oxygen atoms in total. The average molecular weight is 421 g/mol. The Balaban J connectivity index is 1.48. The van der Waals surface area contributed by atoms with Crippen LogP contribution in [0.15, 0.2) is 48.8 Å². The van der Waals surface area contributed by atoms with Gasteiger partial charge < -0.3 is 19.9 Å². The number of anilines is 3. The standard InChI is InChI=1S/C22H21ClN6O/c1-14-11-19-21(25-13-14)28-20(27-19)16-12-15(4-5-17(16)23)26-18-3-2-6-24-22(18)29-7-9-30-10-8-29/h2-6,11-13,26H,7-10H2,1H3,(H,25,27,28). The van der Waals surface area contributed by atoms with Crippen molar-refractivity contribution in [1.82, 2.24) is 19.9 Å². The lowest BCUT2D eigenvalue weighted by Gasteiger charge is -2.29. The second-order valence-electron chi connectivity index (χ2n) is 7.26. The van der Waals surface area contributed by atoms with Crippen molar-refractivity contribution < 1.29 is 4.74 Å². The van der Waals surface area contributed by atoms with Crippen LogP contribution >= 0.6 is 11.6 Å². The van der Waals surface area contributed by atoms with Gasteiger partial charge in [0.2, 0.25) is 0 Å². The maximum atomic E-state index is 6.50. The van der Waals surface area contributed by atoms with E-state index < -0.39 is 0 Å². The van der Waals surface area contributed by atoms with Crippen LogP contribution in [0.4, 0.5) is 17.2 Å². The summed E-state index contributed by atoms with van der Waals surface area (Å²) in [6.07, 6.45) is 3.62. The van der Waals surface area contributed by atoms with Gasteiger partial charge in [0.15, 0.2) is 11.5 Å². The topological polar surface area (TPSA) is 79.0 Å². The second kappa shape index (κ2) is 7.93. The fourth-order valence-electron chi connectivity index (χ4n) is 3.59. The summed E-state index contributed by atoms with van der Waals surface area (Å²) in [7, 11) is 0. The lowest BCUT2D eigenvalue weighted by atomic mass is 10.2. The molecule has 1 aliphatic heterocycles. The third-order valence-corrected chi connectivity index (χ3v) is 5.40. The first-order valence-corrected chi connectivity index (χ1v) is 10.2. The van der Waals surface area contributed by atoms with Gasteiger partial charge in [-0.3, -0.25) is 0 Å². The number of morpholine rings is 1. The van der Waals surface area contributed by atoms with E-state index in [2.05, 4.69) is 30.2 Å². The summed E-state index contributed by atoms with van der Waals surface area (Å²) < 4.78 is 5.47. The summed E-state index contributed by atoms with van der Waals surface area (Å²) in [6.45, 7) is 5.07. The van der Waals surface area contributed by atoms with Gasteiger partial charge in [-0.15, -0.1) is 0 Å². The van der Waals surface area contributed by atoms with Crippen LogP contribution in [-0.2, 0) is 4.74 Å². The van der Waals surface area contributed by atoms with Crippen molar-refractivity contribution in [2.24, 2.45) is 0 Å². The monoisotopic (exact) mass is 420 g/mol. The molecule has 8 heteroatoms. The number of rotatable bonds is 4. The van der Waals surface area contributed by atoms with E-state index in [-0.39, 0.29) is 0 Å². The Labute approximate surface area is 179 Å². The first kappa shape index (κ1) is 18.8. The lowest BCUT2D eigenvalue weighted by molar-refractivity contribution is 0.122. The van der Waals surface area contributed by atoms with Crippen LogP contribution in [0.5, 0.6) is 0 Å². The molecule has 0 spiro atoms. The molecule has 2 N–H and O–H groups in total. The molecule has 0 radical (unpaired) electrons. The van der Waals surface area contributed by atoms with Gasteiger partial charge in [0, 0.05) is 36.7 Å². The zero-order chi connectivity index (χ0) is 20.5. The first-order valence-electron chi connectivity index (χ1n) is 9.84. The Morgan fingerprint density at radius 2 is 2.00 bits per heavy atom. The molecule has 1 aromatic carbocycles. The number of hydrogen-bond acceptors (Lipinski definition) is 6. The normalized spacial score (nSPS) is 14.3. The smallest absolute Gasteiger partial charge is 0.178 e. The van der Waals surface area contributed by atoms with Crippen LogP contribution in [-0.4, -0.2) is 46.2 Å². The first-order chi connectivity index (χ1) is 14.7. The number of aromatic nitrogens is 4. The van der Waals surface area contributed by atoms with Crippen molar-refractivity contribution in [2.45, 2.75) is 6.92 Å². The van der Waals surface area contributed by atoms with Crippen LogP contribution < -0.4 is 10.2 Å². The number of benzene rings is 1. The van der Waals surface area contributed by atoms with E-state index in [9.17, 15) is 0 Å². The molecule has 1 saturated heterocycles. The molecule has 30 heavy (non-hydrogen) atoms. The number of nitrogens with one attached hydrogen (secondary N) is 2. The minimum Gasteiger partial charge on any atom is -0.378 e. The van der Waals surface area contributed by atoms with E-state index in [1.165, 1.54) is 0 Å². The SMILES string of the molecule is Cc1cnc2nc(-c3cc(Nc4cccnc4N4CCOCC4)ccc3Cl)[nH]c2c1. The lowest BCUT2D eigenvalue weighted by Crippen LogP contribution is -2.37. The molecule has 0 bridgehead atoms. The van der Waals surface area contributed by atoms with Crippen molar-refractivity contribution in [1.29, 1.82) is 0 Å². The molecular weight excluding hydrogens is 400 g/mol. The van der Waals surface area contributed by atoms with Gasteiger partial charge in [-0.2, -0.15) is 0 Å². The zero-order valence-electron chi connectivity index (χ0n) is 16.5. The number of hydrogen-bond donors (Lipinski definition) is 2. The highest BCUT2D eigenvalue weighted by molar-refractivity contribution is 6.33. The maximum absolute atomic E-state index is 6.50. The summed E-state index contributed by atoms with van der Waals surface area (Å²) in [5.41, 5.74) is 5.30. The zero-order valence-corrected chi connectivity index (χ0v) is 17.3. The number of H-pyrrole nitrogens is 1. The third kappa shape index (κ3) is 3.69. The highest BCUT2D eigenvalue weighted by Gasteiger charge is 2.17. The number of aryl methyl sites for hydroxylation is 1. The molecule has 0 atom stereocenters. The van der Waals surface area contributed by atoms with E-state index in [1.54, 1.807) is 0 Å². The summed E-state index contributed by atoms with van der Waals surface area (Å²) in [4.78, 5) is 19.1. The Morgan fingerprint density at radius 3 is 2.87 bits per heavy atom. The third-order valence-electron chi connectivity index (χ3n) is 5.07. The Bertz CT molecular complexity index is 1200. The highest BCUT2D eigenvalue weighted by Crippen LogP contribution is 2.33. The van der Waals surface area contributed by atoms with Crippen molar-refractivity contribution in [3.8, 4) is 11.4 Å². The molecule has 1 fully saturated rings. The fourth-order valence-corrected chi connectivity index (χ4v) is 3.80. The summed E-state index contributed by atoms with van der Waals surface area (Å²) in [5.74, 6) is 1.61. The summed E-state index contributed by atoms with van der Waals surface area (Å²) in [6, 6.07) is 11.8. The minimum atomic E-state index is 0.621. The van der Waals surface area contributed by atoms with E-state index in [0.717, 1.165) is 46.9 Å². The van der Waals surface area contributed by atoms with Crippen LogP contribution in [0.1, 0.15) is 5.56 Å². The molecule has 4 heterocycles. The second-order valence-corrected chi connectivity index (χ2v) is 7.67. The number of pyridine rings is 2. The number of ether oxygens (including phenoxy) is 1. The van der Waals surface area contributed by atoms with E-state index in [1.807, 2.05) is 55.7 Å². The molecule has 0 saturated carbocycles. The molecule has 1 aliphatic rings. The van der Waals surface area contributed by atoms with E-state index >= 15 is 0 Å². The molecule has 0 amide bonds. The van der Waals surface area contributed by atoms with Crippen LogP contribution in [0.2, 0.25) is 5.02 Å². The highest BCUT2D eigenvalue weighted by atomic mass is 35.5. The van der Waals surface area contributed by atoms with E-state index in [0.29, 0.717) is 29.7 Å². The molecule has 0 unspecified atom stereocenters. The molecule has 5 rings (SSSR count). The van der Waals surface area contributed by atoms with Gasteiger partial charge in [0.1, 0.15) is 5.82 Å². The van der Waals surface area contributed by atoms with Gasteiger partial charge in [-0.05, 0) is 48.9 Å². The summed E-state index contributed by atoms with van der Waals surface area (Å²) >= 11 is 6.50.